The lowest BCUT2D eigenvalue weighted by atomic mass is 9.81. The zero-order chi connectivity index (χ0) is 13.3. The number of aliphatic hydroxyl groups is 1. The van der Waals surface area contributed by atoms with Crippen LogP contribution in [0.15, 0.2) is 5.03 Å². The predicted molar refractivity (Wildman–Crippen MR) is 66.4 cm³/mol. The third-order valence-electron chi connectivity index (χ3n) is 3.65. The highest BCUT2D eigenvalue weighted by Crippen LogP contribution is 2.30. The van der Waals surface area contributed by atoms with Gasteiger partial charge in [0.1, 0.15) is 0 Å². The molecule has 0 aromatic carbocycles. The first-order chi connectivity index (χ1) is 8.45. The molecule has 0 spiro atoms. The molecule has 0 saturated heterocycles. The molecule has 1 heterocycles. The number of H-pyrrole nitrogens is 1. The maximum absolute atomic E-state index is 12.2. The van der Waals surface area contributed by atoms with Crippen LogP contribution >= 0.6 is 0 Å². The second-order valence-corrected chi connectivity index (χ2v) is 6.52. The van der Waals surface area contributed by atoms with Crippen molar-refractivity contribution in [1.82, 2.24) is 14.9 Å². The van der Waals surface area contributed by atoms with Gasteiger partial charge in [-0.05, 0) is 32.6 Å². The van der Waals surface area contributed by atoms with E-state index in [0.29, 0.717) is 17.2 Å². The fraction of sp³-hybridized carbons (Fsp3) is 0.727. The van der Waals surface area contributed by atoms with Crippen LogP contribution in [0.5, 0.6) is 0 Å². The van der Waals surface area contributed by atoms with E-state index in [1.54, 1.807) is 6.92 Å². The summed E-state index contributed by atoms with van der Waals surface area (Å²) in [6.07, 6.45) is 3.30. The molecule has 0 bridgehead atoms. The smallest absolute Gasteiger partial charge is 0.260 e. The molecule has 7 heteroatoms. The molecule has 1 fully saturated rings. The molecule has 1 aromatic heterocycles. The van der Waals surface area contributed by atoms with Gasteiger partial charge in [0.05, 0.1) is 6.61 Å². The minimum Gasteiger partial charge on any atom is -0.392 e. The topological polar surface area (TPSA) is 95.1 Å². The minimum atomic E-state index is -3.66. The van der Waals surface area contributed by atoms with Gasteiger partial charge in [0, 0.05) is 17.3 Å². The van der Waals surface area contributed by atoms with E-state index in [9.17, 15) is 13.5 Å². The van der Waals surface area contributed by atoms with Gasteiger partial charge < -0.3 is 5.11 Å². The maximum atomic E-state index is 12.2. The van der Waals surface area contributed by atoms with Crippen molar-refractivity contribution in [2.75, 3.05) is 0 Å². The van der Waals surface area contributed by atoms with Crippen molar-refractivity contribution >= 4 is 10.0 Å². The van der Waals surface area contributed by atoms with Gasteiger partial charge in [0.15, 0.2) is 5.03 Å². The van der Waals surface area contributed by atoms with E-state index in [1.807, 2.05) is 6.92 Å². The Bertz CT molecular complexity index is 520. The summed E-state index contributed by atoms with van der Waals surface area (Å²) in [6.45, 7) is 3.23. The Morgan fingerprint density at radius 2 is 2.22 bits per heavy atom. The van der Waals surface area contributed by atoms with Gasteiger partial charge in [-0.25, -0.2) is 13.1 Å². The van der Waals surface area contributed by atoms with Crippen LogP contribution in [0, 0.1) is 12.8 Å². The van der Waals surface area contributed by atoms with Crippen LogP contribution in [0.1, 0.15) is 37.4 Å². The Labute approximate surface area is 107 Å². The van der Waals surface area contributed by atoms with E-state index in [1.165, 1.54) is 6.42 Å². The van der Waals surface area contributed by atoms with Crippen LogP contribution < -0.4 is 4.72 Å². The summed E-state index contributed by atoms with van der Waals surface area (Å²) in [7, 11) is -3.66. The third kappa shape index (κ3) is 2.43. The van der Waals surface area contributed by atoms with E-state index >= 15 is 0 Å². The normalized spacial score (nSPS) is 18.6. The Kier molecular flexibility index (Phi) is 3.74. The number of aromatic nitrogens is 2. The Balaban J connectivity index is 2.19. The molecule has 2 rings (SSSR count). The zero-order valence-corrected chi connectivity index (χ0v) is 11.4. The van der Waals surface area contributed by atoms with E-state index in [0.717, 1.165) is 12.8 Å². The number of nitrogens with zero attached hydrogens (tertiary/aromatic N) is 1. The van der Waals surface area contributed by atoms with Crippen LogP contribution in [-0.2, 0) is 16.6 Å². The second-order valence-electron chi connectivity index (χ2n) is 4.89. The monoisotopic (exact) mass is 273 g/mol. The molecule has 0 radical (unpaired) electrons. The van der Waals surface area contributed by atoms with Crippen molar-refractivity contribution in [3.63, 3.8) is 0 Å². The second kappa shape index (κ2) is 4.99. The first-order valence-corrected chi connectivity index (χ1v) is 7.61. The number of hydrogen-bond acceptors (Lipinski definition) is 4. The quantitative estimate of drug-likeness (QED) is 0.735. The molecular formula is C11H19N3O3S. The average molecular weight is 273 g/mol. The number of sulfonamides is 1. The molecule has 102 valence electrons. The summed E-state index contributed by atoms with van der Waals surface area (Å²) in [5.41, 5.74) is 0.914. The molecule has 1 atom stereocenters. The molecule has 0 amide bonds. The average Bonchev–Trinajstić information content (AvgIpc) is 2.56. The number of rotatable bonds is 5. The lowest BCUT2D eigenvalue weighted by Gasteiger charge is -2.31. The number of hydrogen-bond donors (Lipinski definition) is 3. The number of aryl methyl sites for hydroxylation is 1. The van der Waals surface area contributed by atoms with Gasteiger partial charge in [0.25, 0.3) is 10.0 Å². The van der Waals surface area contributed by atoms with Gasteiger partial charge in [0.2, 0.25) is 0 Å². The Hall–Kier alpha value is -0.920. The van der Waals surface area contributed by atoms with Crippen molar-refractivity contribution in [3.05, 3.63) is 11.3 Å². The molecule has 6 nitrogen and oxygen atoms in total. The van der Waals surface area contributed by atoms with Crippen molar-refractivity contribution in [3.8, 4) is 0 Å². The Morgan fingerprint density at radius 3 is 2.72 bits per heavy atom. The van der Waals surface area contributed by atoms with Crippen molar-refractivity contribution in [1.29, 1.82) is 0 Å². The highest BCUT2D eigenvalue weighted by Gasteiger charge is 2.30. The van der Waals surface area contributed by atoms with Gasteiger partial charge in [-0.15, -0.1) is 0 Å². The van der Waals surface area contributed by atoms with Crippen LogP contribution in [-0.4, -0.2) is 29.8 Å². The summed E-state index contributed by atoms with van der Waals surface area (Å²) in [6, 6.07) is -0.0905. The Morgan fingerprint density at radius 1 is 1.56 bits per heavy atom. The molecule has 0 aliphatic heterocycles. The highest BCUT2D eigenvalue weighted by molar-refractivity contribution is 7.89. The molecule has 1 aromatic rings. The number of nitrogens with one attached hydrogen (secondary N) is 2. The fourth-order valence-corrected chi connectivity index (χ4v) is 3.68. The summed E-state index contributed by atoms with van der Waals surface area (Å²) in [4.78, 5) is 0. The summed E-state index contributed by atoms with van der Waals surface area (Å²) < 4.78 is 27.0. The van der Waals surface area contributed by atoms with Crippen molar-refractivity contribution in [2.24, 2.45) is 5.92 Å². The van der Waals surface area contributed by atoms with E-state index in [2.05, 4.69) is 14.9 Å². The third-order valence-corrected chi connectivity index (χ3v) is 5.18. The lowest BCUT2D eigenvalue weighted by Crippen LogP contribution is -2.41. The van der Waals surface area contributed by atoms with E-state index < -0.39 is 10.0 Å². The SMILES string of the molecule is Cc1[nH]nc(S(=O)(=O)NC(C)C2CCC2)c1CO. The van der Waals surface area contributed by atoms with E-state index in [4.69, 9.17) is 0 Å². The molecule has 1 unspecified atom stereocenters. The molecule has 1 saturated carbocycles. The largest absolute Gasteiger partial charge is 0.392 e. The number of aromatic amines is 1. The van der Waals surface area contributed by atoms with Gasteiger partial charge in [-0.3, -0.25) is 5.10 Å². The van der Waals surface area contributed by atoms with Crippen molar-refractivity contribution in [2.45, 2.75) is 50.8 Å². The molecule has 1 aliphatic carbocycles. The molecule has 3 N–H and O–H groups in total. The summed E-state index contributed by atoms with van der Waals surface area (Å²) >= 11 is 0. The minimum absolute atomic E-state index is 0.0892. The lowest BCUT2D eigenvalue weighted by molar-refractivity contribution is 0.260. The number of aliphatic hydroxyl groups excluding tert-OH is 1. The molecular weight excluding hydrogens is 254 g/mol. The maximum Gasteiger partial charge on any atom is 0.260 e. The van der Waals surface area contributed by atoms with Gasteiger partial charge in [-0.1, -0.05) is 6.42 Å². The van der Waals surface area contributed by atoms with Gasteiger partial charge >= 0.3 is 0 Å². The van der Waals surface area contributed by atoms with Crippen molar-refractivity contribution < 1.29 is 13.5 Å². The first kappa shape index (κ1) is 13.5. The van der Waals surface area contributed by atoms with Crippen LogP contribution in [0.25, 0.3) is 0 Å². The van der Waals surface area contributed by atoms with Crippen LogP contribution in [0.2, 0.25) is 0 Å². The zero-order valence-electron chi connectivity index (χ0n) is 10.6. The summed E-state index contributed by atoms with van der Waals surface area (Å²) in [5.74, 6) is 0.414. The summed E-state index contributed by atoms with van der Waals surface area (Å²) in [5, 5.41) is 15.5. The van der Waals surface area contributed by atoms with Crippen LogP contribution in [0.4, 0.5) is 0 Å². The molecule has 1 aliphatic rings. The van der Waals surface area contributed by atoms with Gasteiger partial charge in [-0.2, -0.15) is 5.10 Å². The molecule has 18 heavy (non-hydrogen) atoms. The first-order valence-electron chi connectivity index (χ1n) is 6.12. The van der Waals surface area contributed by atoms with E-state index in [-0.39, 0.29) is 17.7 Å². The van der Waals surface area contributed by atoms with Crippen LogP contribution in [0.3, 0.4) is 0 Å². The highest BCUT2D eigenvalue weighted by atomic mass is 32.2. The fourth-order valence-electron chi connectivity index (χ4n) is 2.18. The standard InChI is InChI=1S/C11H19N3O3S/c1-7(9-4-3-5-9)14-18(16,17)11-10(6-15)8(2)12-13-11/h7,9,14-15H,3-6H2,1-2H3,(H,12,13). The predicted octanol–water partition coefficient (Wildman–Crippen LogP) is 0.677.